The summed E-state index contributed by atoms with van der Waals surface area (Å²) in [6.07, 6.45) is 7.21. The zero-order valence-corrected chi connectivity index (χ0v) is 24.8. The number of carbonyl (C=O) groups excluding carboxylic acids is 2. The summed E-state index contributed by atoms with van der Waals surface area (Å²) in [5, 5.41) is 3.11. The number of piperidine rings is 1. The number of hydrogen-bond acceptors (Lipinski definition) is 7. The van der Waals surface area contributed by atoms with E-state index in [2.05, 4.69) is 47.7 Å². The molecule has 8 nitrogen and oxygen atoms in total. The van der Waals surface area contributed by atoms with E-state index >= 15 is 0 Å². The number of nitrogens with two attached hydrogens (primary N) is 2. The van der Waals surface area contributed by atoms with Crippen LogP contribution in [0.3, 0.4) is 0 Å². The molecule has 0 spiro atoms. The summed E-state index contributed by atoms with van der Waals surface area (Å²) in [6, 6.07) is 3.21. The number of nitrogens with zero attached hydrogens (tertiary/aromatic N) is 3. The van der Waals surface area contributed by atoms with Gasteiger partial charge in [0.05, 0.1) is 17.2 Å². The molecule has 2 aliphatic heterocycles. The number of rotatable bonds is 8. The number of piperazine rings is 1. The van der Waals surface area contributed by atoms with Crippen molar-refractivity contribution in [3.8, 4) is 0 Å². The highest BCUT2D eigenvalue weighted by Crippen LogP contribution is 2.53. The fraction of sp³-hybridized carbons (Fsp3) is 0.613. The lowest BCUT2D eigenvalue weighted by Crippen LogP contribution is -2.63. The van der Waals surface area contributed by atoms with Crippen molar-refractivity contribution in [1.82, 2.24) is 15.1 Å². The van der Waals surface area contributed by atoms with Gasteiger partial charge in [-0.15, -0.1) is 0 Å². The van der Waals surface area contributed by atoms with Crippen molar-refractivity contribution in [2.24, 2.45) is 28.2 Å². The van der Waals surface area contributed by atoms with Crippen LogP contribution in [0.2, 0.25) is 0 Å². The molecule has 0 bridgehead atoms. The molecular weight excluding hydrogens is 507 g/mol. The Kier molecular flexibility index (Phi) is 8.83. The lowest BCUT2D eigenvalue weighted by molar-refractivity contribution is -0.125. The molecule has 1 aromatic rings. The summed E-state index contributed by atoms with van der Waals surface area (Å²) in [5.41, 5.74) is 14.5. The van der Waals surface area contributed by atoms with Gasteiger partial charge in [0.1, 0.15) is 12.1 Å². The van der Waals surface area contributed by atoms with E-state index in [4.69, 9.17) is 11.5 Å². The number of carbonyl (C=O) groups is 2. The second kappa shape index (κ2) is 11.8. The minimum absolute atomic E-state index is 0.0629. The van der Waals surface area contributed by atoms with Crippen LogP contribution in [-0.4, -0.2) is 73.8 Å². The molecule has 0 radical (unpaired) electrons. The molecule has 1 saturated carbocycles. The number of amides is 1. The third kappa shape index (κ3) is 6.62. The number of benzene rings is 1. The Labute approximate surface area is 238 Å². The molecule has 0 atom stereocenters. The van der Waals surface area contributed by atoms with Crippen LogP contribution in [0, 0.1) is 29.5 Å². The van der Waals surface area contributed by atoms with Crippen LogP contribution in [0.4, 0.5) is 10.1 Å². The number of likely N-dealkylation sites (tertiary alicyclic amines) is 1. The van der Waals surface area contributed by atoms with Gasteiger partial charge in [0.2, 0.25) is 0 Å². The maximum absolute atomic E-state index is 14.6. The van der Waals surface area contributed by atoms with Gasteiger partial charge in [-0.05, 0) is 72.8 Å². The Morgan fingerprint density at radius 1 is 1.02 bits per heavy atom. The lowest BCUT2D eigenvalue weighted by Gasteiger charge is -2.57. The van der Waals surface area contributed by atoms with E-state index in [1.165, 1.54) is 6.07 Å². The molecule has 9 heteroatoms. The quantitative estimate of drug-likeness (QED) is 0.257. The predicted molar refractivity (Wildman–Crippen MR) is 158 cm³/mol. The van der Waals surface area contributed by atoms with Gasteiger partial charge in [-0.1, -0.05) is 27.7 Å². The van der Waals surface area contributed by atoms with Gasteiger partial charge >= 0.3 is 0 Å². The number of hydrogen-bond donors (Lipinski definition) is 3. The highest BCUT2D eigenvalue weighted by molar-refractivity contribution is 5.93. The second-order valence-corrected chi connectivity index (χ2v) is 13.3. The summed E-state index contributed by atoms with van der Waals surface area (Å²) in [7, 11) is 0. The largest absolute Gasteiger partial charge is 0.394 e. The van der Waals surface area contributed by atoms with Crippen LogP contribution >= 0.6 is 0 Å². The molecule has 0 unspecified atom stereocenters. The molecular formula is C31H47FN6O2. The van der Waals surface area contributed by atoms with Gasteiger partial charge in [-0.25, -0.2) is 4.39 Å². The number of nitrogens with one attached hydrogen (secondary N) is 1. The average Bonchev–Trinajstić information content (AvgIpc) is 2.91. The fourth-order valence-electron chi connectivity index (χ4n) is 7.23. The Morgan fingerprint density at radius 2 is 1.65 bits per heavy atom. The maximum Gasteiger partial charge on any atom is 0.267 e. The summed E-state index contributed by atoms with van der Waals surface area (Å²) in [4.78, 5) is 30.5. The zero-order chi connectivity index (χ0) is 29.2. The van der Waals surface area contributed by atoms with Crippen molar-refractivity contribution in [2.45, 2.75) is 59.9 Å². The smallest absolute Gasteiger partial charge is 0.267 e. The fourth-order valence-corrected chi connectivity index (χ4v) is 7.23. The van der Waals surface area contributed by atoms with Crippen molar-refractivity contribution in [3.63, 3.8) is 0 Å². The average molecular weight is 555 g/mol. The predicted octanol–water partition coefficient (Wildman–Crippen LogP) is 3.36. The second-order valence-electron chi connectivity index (χ2n) is 13.3. The van der Waals surface area contributed by atoms with E-state index in [0.29, 0.717) is 29.3 Å². The van der Waals surface area contributed by atoms with E-state index in [1.54, 1.807) is 18.2 Å². The first-order valence-corrected chi connectivity index (χ1v) is 14.5. The highest BCUT2D eigenvalue weighted by atomic mass is 19.1. The number of halogens is 1. The van der Waals surface area contributed by atoms with Gasteiger partial charge in [0.25, 0.3) is 5.91 Å². The molecule has 2 heterocycles. The minimum Gasteiger partial charge on any atom is -0.394 e. The van der Waals surface area contributed by atoms with Crippen LogP contribution in [0.15, 0.2) is 35.8 Å². The van der Waals surface area contributed by atoms with Crippen LogP contribution in [-0.2, 0) is 4.79 Å². The molecule has 40 heavy (non-hydrogen) atoms. The van der Waals surface area contributed by atoms with E-state index in [9.17, 15) is 14.0 Å². The third-order valence-corrected chi connectivity index (χ3v) is 9.12. The van der Waals surface area contributed by atoms with Crippen LogP contribution in [0.1, 0.15) is 62.9 Å². The van der Waals surface area contributed by atoms with Gasteiger partial charge in [-0.3, -0.25) is 14.5 Å². The van der Waals surface area contributed by atoms with E-state index < -0.39 is 0 Å². The highest BCUT2D eigenvalue weighted by Gasteiger charge is 2.53. The number of aldehydes is 1. The molecule has 1 amide bonds. The van der Waals surface area contributed by atoms with E-state index in [1.807, 2.05) is 6.92 Å². The van der Waals surface area contributed by atoms with Gasteiger partial charge in [0, 0.05) is 57.4 Å². The van der Waals surface area contributed by atoms with Crippen LogP contribution in [0.25, 0.3) is 0 Å². The molecule has 5 N–H and O–H groups in total. The molecule has 3 fully saturated rings. The monoisotopic (exact) mass is 554 g/mol. The first-order chi connectivity index (χ1) is 18.8. The third-order valence-electron chi connectivity index (χ3n) is 9.12. The van der Waals surface area contributed by atoms with Crippen molar-refractivity contribution >= 4 is 17.9 Å². The SMILES string of the molecule is Cc1cc(N2CCN(CC3CCN(/C(N)=C/C=C(\N)C(=O)NC4C(C)(C)CC4(C)C)CC3)CC2)c(F)cc1C=O. The molecule has 1 aliphatic carbocycles. The van der Waals surface area contributed by atoms with Gasteiger partial charge in [-0.2, -0.15) is 0 Å². The summed E-state index contributed by atoms with van der Waals surface area (Å²) >= 11 is 0. The molecule has 0 aromatic heterocycles. The maximum atomic E-state index is 14.6. The van der Waals surface area contributed by atoms with Crippen LogP contribution in [0.5, 0.6) is 0 Å². The molecule has 4 rings (SSSR count). The number of anilines is 1. The first kappa shape index (κ1) is 29.9. The summed E-state index contributed by atoms with van der Waals surface area (Å²) < 4.78 is 14.6. The van der Waals surface area contributed by atoms with Crippen molar-refractivity contribution in [3.05, 3.63) is 52.7 Å². The number of aryl methyl sites for hydroxylation is 1. The molecule has 3 aliphatic rings. The number of allylic oxidation sites excluding steroid dienone is 2. The van der Waals surface area contributed by atoms with Crippen molar-refractivity contribution in [2.75, 3.05) is 50.7 Å². The van der Waals surface area contributed by atoms with E-state index in [-0.39, 0.29) is 34.3 Å². The zero-order valence-electron chi connectivity index (χ0n) is 24.8. The standard InChI is InChI=1S/C31H47FN6O2/c1-21-16-26(24(32)17-23(21)19-39)37-14-12-36(13-15-37)18-22-8-10-38(11-9-22)27(34)7-6-25(33)28(40)35-29-30(2,3)20-31(29,4)5/h6-7,16-17,19,22,29H,8-15,18,20,33-34H2,1-5H3,(H,35,40)/b25-6-,27-7+. The van der Waals surface area contributed by atoms with E-state index in [0.717, 1.165) is 70.6 Å². The molecule has 1 aromatic carbocycles. The summed E-state index contributed by atoms with van der Waals surface area (Å²) in [5.74, 6) is 0.638. The van der Waals surface area contributed by atoms with Gasteiger partial charge in [0.15, 0.2) is 0 Å². The Hall–Kier alpha value is -3.07. The first-order valence-electron chi connectivity index (χ1n) is 14.5. The Bertz CT molecular complexity index is 1150. The Morgan fingerprint density at radius 3 is 2.23 bits per heavy atom. The Balaban J connectivity index is 1.21. The van der Waals surface area contributed by atoms with Crippen molar-refractivity contribution in [1.29, 1.82) is 0 Å². The normalized spacial score (nSPS) is 22.6. The summed E-state index contributed by atoms with van der Waals surface area (Å²) in [6.45, 7) is 16.6. The molecule has 220 valence electrons. The van der Waals surface area contributed by atoms with Gasteiger partial charge < -0.3 is 26.6 Å². The molecule has 2 saturated heterocycles. The topological polar surface area (TPSA) is 108 Å². The van der Waals surface area contributed by atoms with Crippen molar-refractivity contribution < 1.29 is 14.0 Å². The minimum atomic E-state index is -0.331. The van der Waals surface area contributed by atoms with Crippen LogP contribution < -0.4 is 21.7 Å². The lowest BCUT2D eigenvalue weighted by atomic mass is 9.52.